The van der Waals surface area contributed by atoms with E-state index in [2.05, 4.69) is 5.32 Å². The number of halogens is 1. The van der Waals surface area contributed by atoms with Crippen molar-refractivity contribution in [3.05, 3.63) is 53.3 Å². The van der Waals surface area contributed by atoms with Crippen LogP contribution in [0, 0.1) is 12.7 Å². The number of hydrogen-bond donors (Lipinski definition) is 3. The van der Waals surface area contributed by atoms with E-state index < -0.39 is 11.7 Å². The van der Waals surface area contributed by atoms with E-state index in [0.29, 0.717) is 5.56 Å². The van der Waals surface area contributed by atoms with Gasteiger partial charge in [-0.05, 0) is 36.8 Å². The molecule has 98 valence electrons. The van der Waals surface area contributed by atoms with E-state index in [9.17, 15) is 14.3 Å². The van der Waals surface area contributed by atoms with Gasteiger partial charge in [-0.1, -0.05) is 12.1 Å². The van der Waals surface area contributed by atoms with Crippen LogP contribution in [0.2, 0.25) is 0 Å². The first-order chi connectivity index (χ1) is 8.97. The fraction of sp³-hybridized carbons (Fsp3) is 0.0714. The lowest BCUT2D eigenvalue weighted by Crippen LogP contribution is -2.12. The topological polar surface area (TPSA) is 75.4 Å². The van der Waals surface area contributed by atoms with E-state index in [0.717, 1.165) is 12.1 Å². The molecule has 2 aromatic carbocycles. The standard InChI is InChI=1S/C14H13FN2O2/c1-8-3-2-4-12(13(8)18)14(19)17-11-6-9(15)5-10(16)7-11/h2-7,18H,16H2,1H3,(H,17,19). The Hall–Kier alpha value is -2.56. The van der Waals surface area contributed by atoms with Crippen LogP contribution in [0.1, 0.15) is 15.9 Å². The molecule has 1 amide bonds. The van der Waals surface area contributed by atoms with Gasteiger partial charge < -0.3 is 16.2 Å². The van der Waals surface area contributed by atoms with Crippen LogP contribution in [-0.2, 0) is 0 Å². The van der Waals surface area contributed by atoms with Gasteiger partial charge in [-0.25, -0.2) is 4.39 Å². The summed E-state index contributed by atoms with van der Waals surface area (Å²) in [5.41, 5.74) is 6.66. The highest BCUT2D eigenvalue weighted by Crippen LogP contribution is 2.23. The van der Waals surface area contributed by atoms with Crippen LogP contribution in [0.5, 0.6) is 5.75 Å². The maximum atomic E-state index is 13.1. The maximum absolute atomic E-state index is 13.1. The fourth-order valence-corrected chi connectivity index (χ4v) is 1.73. The van der Waals surface area contributed by atoms with Crippen LogP contribution in [0.4, 0.5) is 15.8 Å². The van der Waals surface area contributed by atoms with Crippen molar-refractivity contribution in [2.45, 2.75) is 6.92 Å². The van der Waals surface area contributed by atoms with Gasteiger partial charge in [-0.15, -0.1) is 0 Å². The Morgan fingerprint density at radius 2 is 2.05 bits per heavy atom. The number of anilines is 2. The number of para-hydroxylation sites is 1. The predicted octanol–water partition coefficient (Wildman–Crippen LogP) is 2.67. The summed E-state index contributed by atoms with van der Waals surface area (Å²) in [6, 6.07) is 8.57. The van der Waals surface area contributed by atoms with Crippen LogP contribution in [0.25, 0.3) is 0 Å². The van der Waals surface area contributed by atoms with E-state index in [1.807, 2.05) is 0 Å². The Morgan fingerprint density at radius 3 is 2.74 bits per heavy atom. The third kappa shape index (κ3) is 2.82. The minimum Gasteiger partial charge on any atom is -0.507 e. The number of nitrogen functional groups attached to an aromatic ring is 1. The summed E-state index contributed by atoms with van der Waals surface area (Å²) in [4.78, 5) is 12.0. The number of aromatic hydroxyl groups is 1. The lowest BCUT2D eigenvalue weighted by atomic mass is 10.1. The quantitative estimate of drug-likeness (QED) is 0.727. The molecule has 0 fully saturated rings. The first-order valence-corrected chi connectivity index (χ1v) is 5.63. The zero-order valence-electron chi connectivity index (χ0n) is 10.3. The Kier molecular flexibility index (Phi) is 3.37. The van der Waals surface area contributed by atoms with E-state index in [4.69, 9.17) is 5.73 Å². The highest BCUT2D eigenvalue weighted by atomic mass is 19.1. The normalized spacial score (nSPS) is 10.2. The highest BCUT2D eigenvalue weighted by molar-refractivity contribution is 6.06. The van der Waals surface area contributed by atoms with E-state index in [-0.39, 0.29) is 22.7 Å². The van der Waals surface area contributed by atoms with Crippen molar-refractivity contribution in [2.24, 2.45) is 0 Å². The van der Waals surface area contributed by atoms with E-state index in [1.165, 1.54) is 12.1 Å². The molecule has 4 nitrogen and oxygen atoms in total. The molecule has 0 radical (unpaired) electrons. The zero-order chi connectivity index (χ0) is 14.0. The fourth-order valence-electron chi connectivity index (χ4n) is 1.73. The molecule has 5 heteroatoms. The smallest absolute Gasteiger partial charge is 0.259 e. The number of hydrogen-bond acceptors (Lipinski definition) is 3. The number of carbonyl (C=O) groups excluding carboxylic acids is 1. The molecule has 0 heterocycles. The molecule has 19 heavy (non-hydrogen) atoms. The first-order valence-electron chi connectivity index (χ1n) is 5.63. The number of nitrogens with one attached hydrogen (secondary N) is 1. The molecule has 0 aromatic heterocycles. The summed E-state index contributed by atoms with van der Waals surface area (Å²) in [5.74, 6) is -1.15. The third-order valence-electron chi connectivity index (χ3n) is 2.66. The number of rotatable bonds is 2. The van der Waals surface area contributed by atoms with Gasteiger partial charge in [0, 0.05) is 11.4 Å². The van der Waals surface area contributed by atoms with Gasteiger partial charge in [0.1, 0.15) is 11.6 Å². The number of phenols is 1. The van der Waals surface area contributed by atoms with E-state index >= 15 is 0 Å². The van der Waals surface area contributed by atoms with Gasteiger partial charge in [0.15, 0.2) is 0 Å². The van der Waals surface area contributed by atoms with Crippen LogP contribution in [-0.4, -0.2) is 11.0 Å². The molecule has 4 N–H and O–H groups in total. The van der Waals surface area contributed by atoms with Gasteiger partial charge in [-0.3, -0.25) is 4.79 Å². The molecule has 0 saturated heterocycles. The third-order valence-corrected chi connectivity index (χ3v) is 2.66. The number of benzene rings is 2. The molecule has 0 aliphatic carbocycles. The molecule has 0 bridgehead atoms. The molecule has 2 rings (SSSR count). The number of carbonyl (C=O) groups is 1. The maximum Gasteiger partial charge on any atom is 0.259 e. The summed E-state index contributed by atoms with van der Waals surface area (Å²) in [5, 5.41) is 12.3. The molecular formula is C14H13FN2O2. The molecule has 0 atom stereocenters. The van der Waals surface area contributed by atoms with Crippen molar-refractivity contribution in [1.82, 2.24) is 0 Å². The summed E-state index contributed by atoms with van der Waals surface area (Å²) >= 11 is 0. The summed E-state index contributed by atoms with van der Waals surface area (Å²) in [6.45, 7) is 1.69. The monoisotopic (exact) mass is 260 g/mol. The Balaban J connectivity index is 2.28. The first kappa shape index (κ1) is 12.9. The van der Waals surface area contributed by atoms with Crippen LogP contribution in [0.15, 0.2) is 36.4 Å². The van der Waals surface area contributed by atoms with Crippen molar-refractivity contribution < 1.29 is 14.3 Å². The zero-order valence-corrected chi connectivity index (χ0v) is 10.3. The number of amides is 1. The molecular weight excluding hydrogens is 247 g/mol. The van der Waals surface area contributed by atoms with Crippen molar-refractivity contribution in [3.63, 3.8) is 0 Å². The van der Waals surface area contributed by atoms with E-state index in [1.54, 1.807) is 19.1 Å². The largest absolute Gasteiger partial charge is 0.507 e. The minimum absolute atomic E-state index is 0.0932. The SMILES string of the molecule is Cc1cccc(C(=O)Nc2cc(N)cc(F)c2)c1O. The van der Waals surface area contributed by atoms with Gasteiger partial charge in [0.05, 0.1) is 5.56 Å². The van der Waals surface area contributed by atoms with Crippen LogP contribution >= 0.6 is 0 Å². The molecule has 0 aliphatic rings. The van der Waals surface area contributed by atoms with Crippen molar-refractivity contribution >= 4 is 17.3 Å². The second kappa shape index (κ2) is 4.97. The average molecular weight is 260 g/mol. The predicted molar refractivity (Wildman–Crippen MR) is 71.6 cm³/mol. The van der Waals surface area contributed by atoms with Gasteiger partial charge in [0.2, 0.25) is 0 Å². The van der Waals surface area contributed by atoms with Crippen LogP contribution in [0.3, 0.4) is 0 Å². The molecule has 0 unspecified atom stereocenters. The van der Waals surface area contributed by atoms with Gasteiger partial charge in [0.25, 0.3) is 5.91 Å². The lowest BCUT2D eigenvalue weighted by Gasteiger charge is -2.09. The Bertz CT molecular complexity index is 621. The summed E-state index contributed by atoms with van der Waals surface area (Å²) < 4.78 is 13.1. The number of phenolic OH excluding ortho intramolecular Hbond substituents is 1. The average Bonchev–Trinajstić information content (AvgIpc) is 2.31. The second-order valence-corrected chi connectivity index (χ2v) is 4.20. The summed E-state index contributed by atoms with van der Waals surface area (Å²) in [6.07, 6.45) is 0. The molecule has 0 spiro atoms. The second-order valence-electron chi connectivity index (χ2n) is 4.20. The van der Waals surface area contributed by atoms with Crippen molar-refractivity contribution in [3.8, 4) is 5.75 Å². The van der Waals surface area contributed by atoms with Crippen molar-refractivity contribution in [2.75, 3.05) is 11.1 Å². The number of nitrogens with two attached hydrogens (primary N) is 1. The van der Waals surface area contributed by atoms with Gasteiger partial charge in [-0.2, -0.15) is 0 Å². The Labute approximate surface area is 109 Å². The van der Waals surface area contributed by atoms with Gasteiger partial charge >= 0.3 is 0 Å². The van der Waals surface area contributed by atoms with Crippen molar-refractivity contribution in [1.29, 1.82) is 0 Å². The highest BCUT2D eigenvalue weighted by Gasteiger charge is 2.13. The summed E-state index contributed by atoms with van der Waals surface area (Å²) in [7, 11) is 0. The molecule has 2 aromatic rings. The Morgan fingerprint density at radius 1 is 1.32 bits per heavy atom. The lowest BCUT2D eigenvalue weighted by molar-refractivity contribution is 0.102. The van der Waals surface area contributed by atoms with Crippen LogP contribution < -0.4 is 11.1 Å². The minimum atomic E-state index is -0.538. The molecule has 0 saturated carbocycles. The molecule has 0 aliphatic heterocycles. The number of aryl methyl sites for hydroxylation is 1.